The van der Waals surface area contributed by atoms with Crippen LogP contribution in [-0.4, -0.2) is 11.0 Å². The number of benzene rings is 4. The maximum absolute atomic E-state index is 13.0. The van der Waals surface area contributed by atoms with Gasteiger partial charge in [-0.3, -0.25) is 4.79 Å². The van der Waals surface area contributed by atoms with E-state index in [2.05, 4.69) is 15.5 Å². The Hall–Kier alpha value is -4.19. The minimum absolute atomic E-state index is 0.130. The molecule has 0 heterocycles. The van der Waals surface area contributed by atoms with Crippen LogP contribution in [0.4, 0.5) is 22.7 Å². The van der Waals surface area contributed by atoms with Gasteiger partial charge < -0.3 is 16.2 Å². The molecule has 4 aromatic rings. The molecule has 0 aliphatic rings. The highest BCUT2D eigenvalue weighted by Gasteiger charge is 2.19. The Labute approximate surface area is 180 Å². The Kier molecular flexibility index (Phi) is 5.37. The van der Waals surface area contributed by atoms with E-state index in [1.165, 1.54) is 0 Å². The monoisotopic (exact) mass is 410 g/mol. The van der Waals surface area contributed by atoms with Gasteiger partial charge in [0.05, 0.1) is 11.3 Å². The zero-order valence-corrected chi connectivity index (χ0v) is 17.3. The molecule has 0 spiro atoms. The quantitative estimate of drug-likeness (QED) is 0.267. The molecule has 0 radical (unpaired) electrons. The van der Waals surface area contributed by atoms with Gasteiger partial charge in [0.15, 0.2) is 5.75 Å². The lowest BCUT2D eigenvalue weighted by molar-refractivity contribution is 0.102. The van der Waals surface area contributed by atoms with Gasteiger partial charge >= 0.3 is 0 Å². The van der Waals surface area contributed by atoms with Crippen molar-refractivity contribution in [2.45, 2.75) is 13.8 Å². The molecule has 4 aromatic carbocycles. The van der Waals surface area contributed by atoms with E-state index in [-0.39, 0.29) is 17.0 Å². The van der Waals surface area contributed by atoms with Crippen molar-refractivity contribution in [3.05, 3.63) is 89.5 Å². The minimum atomic E-state index is -0.417. The number of hydrogen-bond donors (Lipinski definition) is 3. The molecule has 6 heteroatoms. The standard InChI is InChI=1S/C25H22N4O2/c1-15-7-12-22(16(2)13-15)27-25(31)21-14-17-5-3-4-6-20(17)23(24(21)30)29-28-19-10-8-18(26)9-11-19/h3-14,30H,26H2,1-2H3,(H,27,31). The second-order valence-electron chi connectivity index (χ2n) is 7.41. The number of nitrogens with zero attached hydrogens (tertiary/aromatic N) is 2. The fourth-order valence-corrected chi connectivity index (χ4v) is 3.38. The maximum Gasteiger partial charge on any atom is 0.259 e. The van der Waals surface area contributed by atoms with Crippen LogP contribution in [0.1, 0.15) is 21.5 Å². The predicted molar refractivity (Wildman–Crippen MR) is 125 cm³/mol. The molecule has 4 N–H and O–H groups in total. The molecule has 0 fully saturated rings. The zero-order valence-electron chi connectivity index (χ0n) is 17.3. The lowest BCUT2D eigenvalue weighted by atomic mass is 10.0. The smallest absolute Gasteiger partial charge is 0.259 e. The maximum atomic E-state index is 13.0. The van der Waals surface area contributed by atoms with Gasteiger partial charge in [0.25, 0.3) is 5.91 Å². The summed E-state index contributed by atoms with van der Waals surface area (Å²) in [5.41, 5.74) is 10.0. The number of phenols is 1. The number of aromatic hydroxyl groups is 1. The average molecular weight is 410 g/mol. The Morgan fingerprint density at radius 1 is 0.935 bits per heavy atom. The number of phenolic OH excluding ortho intramolecular Hbond substituents is 1. The summed E-state index contributed by atoms with van der Waals surface area (Å²) in [6.07, 6.45) is 0. The molecule has 1 amide bonds. The van der Waals surface area contributed by atoms with Crippen molar-refractivity contribution in [3.63, 3.8) is 0 Å². The first-order valence-electron chi connectivity index (χ1n) is 9.83. The summed E-state index contributed by atoms with van der Waals surface area (Å²) in [4.78, 5) is 13.0. The van der Waals surface area contributed by atoms with Crippen molar-refractivity contribution in [2.75, 3.05) is 11.1 Å². The highest BCUT2D eigenvalue weighted by atomic mass is 16.3. The van der Waals surface area contributed by atoms with E-state index in [1.54, 1.807) is 30.3 Å². The van der Waals surface area contributed by atoms with Crippen LogP contribution in [0.15, 0.2) is 83.0 Å². The lowest BCUT2D eigenvalue weighted by Gasteiger charge is -2.12. The number of aryl methyl sites for hydroxylation is 2. The number of carbonyl (C=O) groups is 1. The predicted octanol–water partition coefficient (Wildman–Crippen LogP) is 6.41. The van der Waals surface area contributed by atoms with Crippen LogP contribution < -0.4 is 11.1 Å². The fourth-order valence-electron chi connectivity index (χ4n) is 3.38. The average Bonchev–Trinajstić information content (AvgIpc) is 2.76. The van der Waals surface area contributed by atoms with Crippen LogP contribution in [0, 0.1) is 13.8 Å². The minimum Gasteiger partial charge on any atom is -0.505 e. The molecule has 0 unspecified atom stereocenters. The SMILES string of the molecule is Cc1ccc(NC(=O)c2cc3ccccc3c(N=Nc3ccc(N)cc3)c2O)c(C)c1. The van der Waals surface area contributed by atoms with E-state index in [0.29, 0.717) is 22.4 Å². The molecular formula is C25H22N4O2. The molecule has 154 valence electrons. The van der Waals surface area contributed by atoms with Gasteiger partial charge in [0.1, 0.15) is 5.69 Å². The molecular weight excluding hydrogens is 388 g/mol. The number of carbonyl (C=O) groups excluding carboxylic acids is 1. The van der Waals surface area contributed by atoms with Crippen LogP contribution in [0.2, 0.25) is 0 Å². The highest BCUT2D eigenvalue weighted by molar-refractivity contribution is 6.12. The third kappa shape index (κ3) is 4.23. The summed E-state index contributed by atoms with van der Waals surface area (Å²) in [5, 5.41) is 23.8. The third-order valence-corrected chi connectivity index (χ3v) is 5.03. The molecule has 0 saturated carbocycles. The highest BCUT2D eigenvalue weighted by Crippen LogP contribution is 2.39. The van der Waals surface area contributed by atoms with Gasteiger partial charge in [-0.1, -0.05) is 42.0 Å². The molecule has 31 heavy (non-hydrogen) atoms. The Bertz CT molecular complexity index is 1310. The third-order valence-electron chi connectivity index (χ3n) is 5.03. The molecule has 0 bridgehead atoms. The summed E-state index contributed by atoms with van der Waals surface area (Å²) in [6.45, 7) is 3.92. The van der Waals surface area contributed by atoms with E-state index in [0.717, 1.165) is 16.5 Å². The summed E-state index contributed by atoms with van der Waals surface area (Å²) in [5.74, 6) is -0.640. The number of rotatable bonds is 4. The second-order valence-corrected chi connectivity index (χ2v) is 7.41. The van der Waals surface area contributed by atoms with Crippen molar-refractivity contribution >= 4 is 39.4 Å². The van der Waals surface area contributed by atoms with Gasteiger partial charge in [-0.2, -0.15) is 5.11 Å². The molecule has 0 aromatic heterocycles. The van der Waals surface area contributed by atoms with Crippen LogP contribution in [-0.2, 0) is 0 Å². The first-order valence-corrected chi connectivity index (χ1v) is 9.83. The van der Waals surface area contributed by atoms with Crippen LogP contribution in [0.5, 0.6) is 5.75 Å². The van der Waals surface area contributed by atoms with E-state index in [1.807, 2.05) is 56.3 Å². The van der Waals surface area contributed by atoms with E-state index >= 15 is 0 Å². The Morgan fingerprint density at radius 3 is 2.42 bits per heavy atom. The molecule has 0 aliphatic heterocycles. The molecule has 0 saturated heterocycles. The van der Waals surface area contributed by atoms with Gasteiger partial charge in [-0.15, -0.1) is 5.11 Å². The van der Waals surface area contributed by atoms with Crippen LogP contribution in [0.3, 0.4) is 0 Å². The first-order chi connectivity index (χ1) is 14.9. The summed E-state index contributed by atoms with van der Waals surface area (Å²) < 4.78 is 0. The fraction of sp³-hybridized carbons (Fsp3) is 0.0800. The largest absolute Gasteiger partial charge is 0.505 e. The summed E-state index contributed by atoms with van der Waals surface area (Å²) >= 11 is 0. The van der Waals surface area contributed by atoms with Crippen molar-refractivity contribution in [1.29, 1.82) is 0 Å². The van der Waals surface area contributed by atoms with Gasteiger partial charge in [0.2, 0.25) is 0 Å². The normalized spacial score (nSPS) is 11.2. The van der Waals surface area contributed by atoms with E-state index in [4.69, 9.17) is 5.73 Å². The zero-order chi connectivity index (χ0) is 22.0. The van der Waals surface area contributed by atoms with Crippen molar-refractivity contribution < 1.29 is 9.90 Å². The topological polar surface area (TPSA) is 100 Å². The number of amides is 1. The first kappa shape index (κ1) is 20.1. The Morgan fingerprint density at radius 2 is 1.68 bits per heavy atom. The molecule has 0 atom stereocenters. The molecule has 6 nitrogen and oxygen atoms in total. The number of hydrogen-bond acceptors (Lipinski definition) is 5. The number of nitrogen functional groups attached to an aromatic ring is 1. The molecule has 4 rings (SSSR count). The van der Waals surface area contributed by atoms with Crippen molar-refractivity contribution in [2.24, 2.45) is 10.2 Å². The number of azo groups is 1. The number of nitrogens with one attached hydrogen (secondary N) is 1. The second kappa shape index (κ2) is 8.28. The van der Waals surface area contributed by atoms with Crippen molar-refractivity contribution in [1.82, 2.24) is 0 Å². The number of nitrogens with two attached hydrogens (primary N) is 1. The van der Waals surface area contributed by atoms with E-state index in [9.17, 15) is 9.90 Å². The summed E-state index contributed by atoms with van der Waals surface area (Å²) in [7, 11) is 0. The summed E-state index contributed by atoms with van der Waals surface area (Å²) in [6, 6.07) is 21.7. The van der Waals surface area contributed by atoms with Crippen molar-refractivity contribution in [3.8, 4) is 5.75 Å². The van der Waals surface area contributed by atoms with Gasteiger partial charge in [0, 0.05) is 16.8 Å². The lowest BCUT2D eigenvalue weighted by Crippen LogP contribution is -2.13. The van der Waals surface area contributed by atoms with Gasteiger partial charge in [-0.05, 0) is 61.2 Å². The molecule has 0 aliphatic carbocycles. The van der Waals surface area contributed by atoms with Gasteiger partial charge in [-0.25, -0.2) is 0 Å². The Balaban J connectivity index is 1.76. The number of anilines is 2. The number of fused-ring (bicyclic) bond motifs is 1. The van der Waals surface area contributed by atoms with E-state index < -0.39 is 5.91 Å². The van der Waals surface area contributed by atoms with Crippen LogP contribution >= 0.6 is 0 Å². The van der Waals surface area contributed by atoms with Crippen LogP contribution in [0.25, 0.3) is 10.8 Å².